The molecule has 0 heterocycles. The molecular weight excluding hydrogens is 120 g/mol. The van der Waals surface area contributed by atoms with Crippen molar-refractivity contribution in [1.29, 1.82) is 0 Å². The van der Waals surface area contributed by atoms with Crippen molar-refractivity contribution in [2.45, 2.75) is 6.92 Å². The fourth-order valence-electron chi connectivity index (χ4n) is 1.47. The number of rotatable bonds is 0. The zero-order chi connectivity index (χ0) is 6.97. The zero-order valence-corrected chi connectivity index (χ0v) is 6.04. The molecule has 1 unspecified atom stereocenters. The predicted octanol–water partition coefficient (Wildman–Crippen LogP) is 2.61. The first-order valence-electron chi connectivity index (χ1n) is 3.62. The Kier molecular flexibility index (Phi) is 1.13. The molecule has 2 aliphatic carbocycles. The summed E-state index contributed by atoms with van der Waals surface area (Å²) in [6.45, 7) is 2.16. The second kappa shape index (κ2) is 1.98. The van der Waals surface area contributed by atoms with E-state index in [1.807, 2.05) is 0 Å². The summed E-state index contributed by atoms with van der Waals surface area (Å²) in [7, 11) is 0. The lowest BCUT2D eigenvalue weighted by atomic mass is 9.92. The number of allylic oxidation sites excluding steroid dienone is 8. The van der Waals surface area contributed by atoms with Crippen LogP contribution in [-0.4, -0.2) is 0 Å². The maximum absolute atomic E-state index is 2.22. The lowest BCUT2D eigenvalue weighted by molar-refractivity contribution is 0.985. The van der Waals surface area contributed by atoms with Crippen LogP contribution in [0.15, 0.2) is 47.6 Å². The predicted molar refractivity (Wildman–Crippen MR) is 43.6 cm³/mol. The minimum Gasteiger partial charge on any atom is -0.0732 e. The van der Waals surface area contributed by atoms with Gasteiger partial charge in [-0.1, -0.05) is 36.5 Å². The lowest BCUT2D eigenvalue weighted by Gasteiger charge is -2.12. The van der Waals surface area contributed by atoms with Gasteiger partial charge in [0.2, 0.25) is 0 Å². The fraction of sp³-hybridized carbons (Fsp3) is 0.200. The average molecular weight is 130 g/mol. The zero-order valence-electron chi connectivity index (χ0n) is 6.04. The molecule has 50 valence electrons. The van der Waals surface area contributed by atoms with Crippen LogP contribution in [0.3, 0.4) is 0 Å². The molecule has 1 atom stereocenters. The van der Waals surface area contributed by atoms with Crippen molar-refractivity contribution in [3.63, 3.8) is 0 Å². The molecule has 0 heteroatoms. The van der Waals surface area contributed by atoms with Crippen molar-refractivity contribution in [2.75, 3.05) is 0 Å². The van der Waals surface area contributed by atoms with Gasteiger partial charge in [0.25, 0.3) is 0 Å². The maximum atomic E-state index is 2.22. The summed E-state index contributed by atoms with van der Waals surface area (Å²) in [4.78, 5) is 0. The normalized spacial score (nSPS) is 27.9. The van der Waals surface area contributed by atoms with Crippen LogP contribution >= 0.6 is 0 Å². The molecular formula is C10H10. The molecule has 2 rings (SSSR count). The highest BCUT2D eigenvalue weighted by Gasteiger charge is 2.14. The van der Waals surface area contributed by atoms with Crippen LogP contribution in [0, 0.1) is 5.92 Å². The third-order valence-electron chi connectivity index (χ3n) is 2.07. The second-order valence-electron chi connectivity index (χ2n) is 2.77. The number of hydrogen-bond acceptors (Lipinski definition) is 0. The van der Waals surface area contributed by atoms with Crippen LogP contribution in [0.5, 0.6) is 0 Å². The first-order chi connectivity index (χ1) is 4.88. The van der Waals surface area contributed by atoms with Crippen LogP contribution in [0.4, 0.5) is 0 Å². The van der Waals surface area contributed by atoms with Crippen molar-refractivity contribution in [3.05, 3.63) is 47.6 Å². The van der Waals surface area contributed by atoms with Gasteiger partial charge in [-0.3, -0.25) is 0 Å². The Bertz CT molecular complexity index is 262. The highest BCUT2D eigenvalue weighted by molar-refractivity contribution is 5.48. The molecule has 0 fully saturated rings. The standard InChI is InChI=1S/C10H10/c1-8-4-2-5-9-6-3-7-10(8)9/h2-7,9H,1H3. The third-order valence-corrected chi connectivity index (χ3v) is 2.07. The van der Waals surface area contributed by atoms with Crippen LogP contribution in [0.1, 0.15) is 6.92 Å². The van der Waals surface area contributed by atoms with Gasteiger partial charge >= 0.3 is 0 Å². The van der Waals surface area contributed by atoms with Gasteiger partial charge in [0.15, 0.2) is 0 Å². The first-order valence-corrected chi connectivity index (χ1v) is 3.62. The molecule has 0 aliphatic heterocycles. The van der Waals surface area contributed by atoms with E-state index in [1.165, 1.54) is 11.1 Å². The van der Waals surface area contributed by atoms with Crippen molar-refractivity contribution in [1.82, 2.24) is 0 Å². The summed E-state index contributed by atoms with van der Waals surface area (Å²) in [6.07, 6.45) is 13.1. The molecule has 0 nitrogen and oxygen atoms in total. The molecule has 0 aromatic rings. The van der Waals surface area contributed by atoms with Crippen molar-refractivity contribution in [3.8, 4) is 0 Å². The molecule has 0 N–H and O–H groups in total. The Morgan fingerprint density at radius 2 is 1.80 bits per heavy atom. The molecule has 0 radical (unpaired) electrons. The Morgan fingerprint density at radius 1 is 1.10 bits per heavy atom. The third kappa shape index (κ3) is 0.688. The van der Waals surface area contributed by atoms with E-state index in [0.717, 1.165) is 0 Å². The van der Waals surface area contributed by atoms with Crippen LogP contribution < -0.4 is 0 Å². The molecule has 0 aromatic heterocycles. The minimum atomic E-state index is 0.574. The number of hydrogen-bond donors (Lipinski definition) is 0. The molecule has 0 amide bonds. The summed E-state index contributed by atoms with van der Waals surface area (Å²) in [6, 6.07) is 0. The number of fused-ring (bicyclic) bond motifs is 1. The van der Waals surface area contributed by atoms with Crippen molar-refractivity contribution < 1.29 is 0 Å². The molecule has 0 aromatic carbocycles. The van der Waals surface area contributed by atoms with Crippen LogP contribution in [-0.2, 0) is 0 Å². The van der Waals surface area contributed by atoms with E-state index in [4.69, 9.17) is 0 Å². The smallest absolute Gasteiger partial charge is 0.0207 e. The summed E-state index contributed by atoms with van der Waals surface area (Å²) in [5.41, 5.74) is 2.86. The van der Waals surface area contributed by atoms with Crippen LogP contribution in [0.25, 0.3) is 0 Å². The van der Waals surface area contributed by atoms with E-state index < -0.39 is 0 Å². The fourth-order valence-corrected chi connectivity index (χ4v) is 1.47. The second-order valence-corrected chi connectivity index (χ2v) is 2.77. The minimum absolute atomic E-state index is 0.574. The summed E-state index contributed by atoms with van der Waals surface area (Å²) in [5.74, 6) is 0.574. The largest absolute Gasteiger partial charge is 0.0732 e. The van der Waals surface area contributed by atoms with E-state index >= 15 is 0 Å². The van der Waals surface area contributed by atoms with Gasteiger partial charge in [0.05, 0.1) is 0 Å². The van der Waals surface area contributed by atoms with E-state index in [2.05, 4.69) is 43.4 Å². The Morgan fingerprint density at radius 3 is 2.50 bits per heavy atom. The van der Waals surface area contributed by atoms with Gasteiger partial charge in [0, 0.05) is 5.92 Å². The molecule has 0 saturated carbocycles. The van der Waals surface area contributed by atoms with Gasteiger partial charge in [-0.15, -0.1) is 0 Å². The van der Waals surface area contributed by atoms with E-state index in [9.17, 15) is 0 Å². The SMILES string of the molecule is CC1=CC=CC2C=CC=C12. The highest BCUT2D eigenvalue weighted by Crippen LogP contribution is 2.29. The molecule has 0 saturated heterocycles. The molecule has 2 aliphatic rings. The van der Waals surface area contributed by atoms with E-state index in [1.54, 1.807) is 0 Å². The monoisotopic (exact) mass is 130 g/mol. The van der Waals surface area contributed by atoms with Gasteiger partial charge in [0.1, 0.15) is 0 Å². The average Bonchev–Trinajstić information content (AvgIpc) is 2.36. The first kappa shape index (κ1) is 5.72. The molecule has 0 spiro atoms. The van der Waals surface area contributed by atoms with E-state index in [0.29, 0.717) is 5.92 Å². The highest BCUT2D eigenvalue weighted by atomic mass is 14.2. The topological polar surface area (TPSA) is 0 Å². The van der Waals surface area contributed by atoms with Crippen molar-refractivity contribution >= 4 is 0 Å². The lowest BCUT2D eigenvalue weighted by Crippen LogP contribution is -1.98. The van der Waals surface area contributed by atoms with E-state index in [-0.39, 0.29) is 0 Å². The Hall–Kier alpha value is -1.04. The quantitative estimate of drug-likeness (QED) is 0.473. The summed E-state index contributed by atoms with van der Waals surface area (Å²) >= 11 is 0. The van der Waals surface area contributed by atoms with Crippen LogP contribution in [0.2, 0.25) is 0 Å². The van der Waals surface area contributed by atoms with Gasteiger partial charge in [-0.25, -0.2) is 0 Å². The summed E-state index contributed by atoms with van der Waals surface area (Å²) < 4.78 is 0. The molecule has 0 bridgehead atoms. The van der Waals surface area contributed by atoms with Gasteiger partial charge < -0.3 is 0 Å². The van der Waals surface area contributed by atoms with Gasteiger partial charge in [-0.2, -0.15) is 0 Å². The Balaban J connectivity index is 2.44. The molecule has 10 heavy (non-hydrogen) atoms. The van der Waals surface area contributed by atoms with Gasteiger partial charge in [-0.05, 0) is 18.1 Å². The maximum Gasteiger partial charge on any atom is 0.0207 e. The Labute approximate surface area is 61.3 Å². The van der Waals surface area contributed by atoms with Crippen molar-refractivity contribution in [2.24, 2.45) is 5.92 Å². The summed E-state index contributed by atoms with van der Waals surface area (Å²) in [5, 5.41) is 0.